The Balaban J connectivity index is 1.75. The number of carbonyl (C=O) groups is 1. The van der Waals surface area contributed by atoms with Crippen LogP contribution in [0.3, 0.4) is 0 Å². The third-order valence-corrected chi connectivity index (χ3v) is 6.13. The van der Waals surface area contributed by atoms with Crippen molar-refractivity contribution in [2.24, 2.45) is 5.73 Å². The molecule has 0 fully saturated rings. The molecular weight excluding hydrogens is 518 g/mol. The minimum Gasteiger partial charge on any atom is -0.493 e. The summed E-state index contributed by atoms with van der Waals surface area (Å²) in [5, 5.41) is 20.9. The normalized spacial score (nSPS) is 14.0. The van der Waals surface area contributed by atoms with E-state index in [9.17, 15) is 20.2 Å². The molecule has 4 rings (SSSR count). The van der Waals surface area contributed by atoms with Gasteiger partial charge in [0.1, 0.15) is 23.1 Å². The van der Waals surface area contributed by atoms with E-state index >= 15 is 0 Å². The van der Waals surface area contributed by atoms with Gasteiger partial charge in [0.2, 0.25) is 11.6 Å². The molecule has 2 N–H and O–H groups in total. The van der Waals surface area contributed by atoms with Gasteiger partial charge in [-0.05, 0) is 29.8 Å². The van der Waals surface area contributed by atoms with Crippen molar-refractivity contribution in [1.82, 2.24) is 0 Å². The first-order valence-corrected chi connectivity index (χ1v) is 11.3. The average Bonchev–Trinajstić information content (AvgIpc) is 2.91. The molecule has 0 amide bonds. The predicted octanol–water partition coefficient (Wildman–Crippen LogP) is 4.71. The first kappa shape index (κ1) is 26.1. The van der Waals surface area contributed by atoms with Gasteiger partial charge in [-0.3, -0.25) is 10.1 Å². The highest BCUT2D eigenvalue weighted by molar-refractivity contribution is 6.33. The third kappa shape index (κ3) is 4.72. The molecule has 1 atom stereocenters. The van der Waals surface area contributed by atoms with Gasteiger partial charge < -0.3 is 29.4 Å². The second kappa shape index (κ2) is 10.6. The van der Waals surface area contributed by atoms with Gasteiger partial charge in [-0.2, -0.15) is 5.26 Å². The molecule has 0 radical (unpaired) electrons. The highest BCUT2D eigenvalue weighted by Gasteiger charge is 2.33. The van der Waals surface area contributed by atoms with Crippen molar-refractivity contribution in [1.29, 1.82) is 5.26 Å². The van der Waals surface area contributed by atoms with Gasteiger partial charge in [-0.1, -0.05) is 17.7 Å². The monoisotopic (exact) mass is 537 g/mol. The summed E-state index contributed by atoms with van der Waals surface area (Å²) in [6.07, 6.45) is 0. The number of hydrogen-bond acceptors (Lipinski definition) is 10. The zero-order valence-corrected chi connectivity index (χ0v) is 21.1. The fraction of sp³-hybridized carbons (Fsp3) is 0.154. The number of hydrogen-bond donors (Lipinski definition) is 1. The maximum Gasteiger partial charge on any atom is 0.345 e. The molecule has 0 bridgehead atoms. The van der Waals surface area contributed by atoms with E-state index in [0.717, 1.165) is 6.07 Å². The highest BCUT2D eigenvalue weighted by Crippen LogP contribution is 2.47. The lowest BCUT2D eigenvalue weighted by Crippen LogP contribution is -2.21. The summed E-state index contributed by atoms with van der Waals surface area (Å²) in [7, 11) is 4.43. The maximum absolute atomic E-state index is 12.7. The highest BCUT2D eigenvalue weighted by atomic mass is 35.5. The standard InChI is InChI=1S/C26H20ClN3O8/c1-34-21-8-13(9-22(35-2)24(21)36-3)23-16-6-5-15(11-20(16)38-25(29)18(23)12-28)37-26(31)17-10-14(30(32)33)4-7-19(17)27/h4-11,23H,29H2,1-3H3. The molecule has 3 aromatic rings. The molecule has 0 spiro atoms. The van der Waals surface area contributed by atoms with Gasteiger partial charge in [0.15, 0.2) is 11.5 Å². The number of nitriles is 1. The van der Waals surface area contributed by atoms with E-state index in [0.29, 0.717) is 28.4 Å². The number of nitrogens with zero attached hydrogens (tertiary/aromatic N) is 2. The Morgan fingerprint density at radius 3 is 2.34 bits per heavy atom. The van der Waals surface area contributed by atoms with Crippen LogP contribution in [0.2, 0.25) is 5.02 Å². The van der Waals surface area contributed by atoms with E-state index in [1.807, 2.05) is 0 Å². The Labute approximate surface area is 221 Å². The van der Waals surface area contributed by atoms with E-state index in [1.54, 1.807) is 18.2 Å². The second-order valence-corrected chi connectivity index (χ2v) is 8.30. The van der Waals surface area contributed by atoms with Crippen molar-refractivity contribution < 1.29 is 33.4 Å². The third-order valence-electron chi connectivity index (χ3n) is 5.80. The van der Waals surface area contributed by atoms with Crippen molar-refractivity contribution in [3.63, 3.8) is 0 Å². The molecule has 0 saturated heterocycles. The number of carbonyl (C=O) groups excluding carboxylic acids is 1. The van der Waals surface area contributed by atoms with Crippen LogP contribution in [0.25, 0.3) is 0 Å². The first-order valence-electron chi connectivity index (χ1n) is 10.9. The summed E-state index contributed by atoms with van der Waals surface area (Å²) in [4.78, 5) is 23.2. The van der Waals surface area contributed by atoms with Gasteiger partial charge in [0, 0.05) is 23.8 Å². The van der Waals surface area contributed by atoms with E-state index < -0.39 is 16.8 Å². The molecule has 0 aliphatic carbocycles. The van der Waals surface area contributed by atoms with Crippen molar-refractivity contribution in [2.45, 2.75) is 5.92 Å². The number of methoxy groups -OCH3 is 3. The van der Waals surface area contributed by atoms with Crippen molar-refractivity contribution in [2.75, 3.05) is 21.3 Å². The van der Waals surface area contributed by atoms with Crippen LogP contribution in [0.1, 0.15) is 27.4 Å². The lowest BCUT2D eigenvalue weighted by atomic mass is 9.83. The van der Waals surface area contributed by atoms with Crippen LogP contribution in [0.4, 0.5) is 5.69 Å². The average molecular weight is 538 g/mol. The number of nitrogens with two attached hydrogens (primary N) is 1. The molecule has 0 aromatic heterocycles. The van der Waals surface area contributed by atoms with Gasteiger partial charge in [-0.25, -0.2) is 4.79 Å². The fourth-order valence-corrected chi connectivity index (χ4v) is 4.25. The van der Waals surface area contributed by atoms with Gasteiger partial charge >= 0.3 is 5.97 Å². The summed E-state index contributed by atoms with van der Waals surface area (Å²) in [5.41, 5.74) is 6.92. The topological polar surface area (TPSA) is 156 Å². The van der Waals surface area contributed by atoms with Gasteiger partial charge in [-0.15, -0.1) is 0 Å². The molecule has 1 aliphatic rings. The van der Waals surface area contributed by atoms with Crippen molar-refractivity contribution in [3.8, 4) is 34.8 Å². The lowest BCUT2D eigenvalue weighted by molar-refractivity contribution is -0.384. The molecular formula is C26H20ClN3O8. The molecule has 1 unspecified atom stereocenters. The van der Waals surface area contributed by atoms with Crippen LogP contribution < -0.4 is 29.4 Å². The van der Waals surface area contributed by atoms with Crippen LogP contribution in [-0.4, -0.2) is 32.2 Å². The molecule has 12 heteroatoms. The SMILES string of the molecule is COc1cc(C2C(C#N)=C(N)Oc3cc(OC(=O)c4cc([N+](=O)[O-])ccc4Cl)ccc32)cc(OC)c1OC. The van der Waals surface area contributed by atoms with Gasteiger partial charge in [0.05, 0.1) is 42.8 Å². The summed E-state index contributed by atoms with van der Waals surface area (Å²) in [6, 6.07) is 13.5. The Bertz CT molecular complexity index is 1500. The van der Waals surface area contributed by atoms with Gasteiger partial charge in [0.25, 0.3) is 5.69 Å². The van der Waals surface area contributed by atoms with Crippen LogP contribution in [-0.2, 0) is 0 Å². The van der Waals surface area contributed by atoms with Crippen molar-refractivity contribution in [3.05, 3.63) is 91.8 Å². The minimum absolute atomic E-state index is 0.0110. The number of rotatable bonds is 7. The van der Waals surface area contributed by atoms with Crippen LogP contribution in [0.5, 0.6) is 28.7 Å². The molecule has 0 saturated carbocycles. The summed E-state index contributed by atoms with van der Waals surface area (Å²) in [5.74, 6) is -0.281. The first-order chi connectivity index (χ1) is 18.2. The van der Waals surface area contributed by atoms with E-state index in [-0.39, 0.29) is 39.2 Å². The van der Waals surface area contributed by atoms with E-state index in [4.69, 9.17) is 41.0 Å². The second-order valence-electron chi connectivity index (χ2n) is 7.89. The smallest absolute Gasteiger partial charge is 0.345 e. The number of ether oxygens (including phenoxy) is 5. The predicted molar refractivity (Wildman–Crippen MR) is 135 cm³/mol. The number of nitro groups is 1. The van der Waals surface area contributed by atoms with Crippen LogP contribution in [0.15, 0.2) is 60.0 Å². The Hall–Kier alpha value is -4.95. The Morgan fingerprint density at radius 1 is 1.08 bits per heavy atom. The lowest BCUT2D eigenvalue weighted by Gasteiger charge is -2.27. The number of nitro benzene ring substituents is 1. The Kier molecular flexibility index (Phi) is 7.27. The molecule has 3 aromatic carbocycles. The zero-order chi connectivity index (χ0) is 27.6. The molecule has 11 nitrogen and oxygen atoms in total. The largest absolute Gasteiger partial charge is 0.493 e. The Morgan fingerprint density at radius 2 is 1.76 bits per heavy atom. The number of benzene rings is 3. The molecule has 1 aliphatic heterocycles. The summed E-state index contributed by atoms with van der Waals surface area (Å²) in [6.45, 7) is 0. The fourth-order valence-electron chi connectivity index (χ4n) is 4.06. The zero-order valence-electron chi connectivity index (χ0n) is 20.3. The van der Waals surface area contributed by atoms with Crippen molar-refractivity contribution >= 4 is 23.3 Å². The number of allylic oxidation sites excluding steroid dienone is 1. The number of fused-ring (bicyclic) bond motifs is 1. The maximum atomic E-state index is 12.7. The molecule has 1 heterocycles. The quantitative estimate of drug-likeness (QED) is 0.194. The molecule has 38 heavy (non-hydrogen) atoms. The number of non-ortho nitro benzene ring substituents is 1. The van der Waals surface area contributed by atoms with Crippen LogP contribution >= 0.6 is 11.6 Å². The summed E-state index contributed by atoms with van der Waals surface area (Å²) >= 11 is 6.06. The minimum atomic E-state index is -0.906. The van der Waals surface area contributed by atoms with E-state index in [1.165, 1.54) is 45.6 Å². The van der Waals surface area contributed by atoms with E-state index in [2.05, 4.69) is 6.07 Å². The number of esters is 1. The number of halogens is 1. The summed E-state index contributed by atoms with van der Waals surface area (Å²) < 4.78 is 27.4. The van der Waals surface area contributed by atoms with Crippen LogP contribution in [0, 0.1) is 21.4 Å². The molecule has 194 valence electrons.